The quantitative estimate of drug-likeness (QED) is 0.788. The van der Waals surface area contributed by atoms with Crippen molar-refractivity contribution >= 4 is 22.6 Å². The monoisotopic (exact) mass is 343 g/mol. The lowest BCUT2D eigenvalue weighted by Gasteiger charge is -2.10. The van der Waals surface area contributed by atoms with E-state index in [0.717, 1.165) is 34.0 Å². The van der Waals surface area contributed by atoms with Gasteiger partial charge in [-0.1, -0.05) is 0 Å². The molecule has 0 bridgehead atoms. The average molecular weight is 343 g/mol. The van der Waals surface area contributed by atoms with Crippen LogP contribution in [0.5, 0.6) is 5.75 Å². The summed E-state index contributed by atoms with van der Waals surface area (Å²) < 4.78 is 11.3. The summed E-state index contributed by atoms with van der Waals surface area (Å²) in [6.07, 6.45) is 3.51. The van der Waals surface area contributed by atoms with Gasteiger partial charge in [0.2, 0.25) is 5.13 Å². The van der Waals surface area contributed by atoms with E-state index >= 15 is 0 Å². The van der Waals surface area contributed by atoms with Crippen LogP contribution in [0.1, 0.15) is 21.5 Å². The molecule has 2 aromatic heterocycles. The Labute approximate surface area is 143 Å². The van der Waals surface area contributed by atoms with E-state index < -0.39 is 0 Å². The zero-order valence-corrected chi connectivity index (χ0v) is 14.6. The molecule has 1 amide bonds. The summed E-state index contributed by atoms with van der Waals surface area (Å²) in [4.78, 5) is 16.8. The highest BCUT2D eigenvalue weighted by atomic mass is 32.1. The summed E-state index contributed by atoms with van der Waals surface area (Å²) >= 11 is 1.14. The van der Waals surface area contributed by atoms with Crippen LogP contribution >= 0.6 is 11.5 Å². The Morgan fingerprint density at radius 2 is 2.00 bits per heavy atom. The fourth-order valence-corrected chi connectivity index (χ4v) is 3.09. The van der Waals surface area contributed by atoms with E-state index in [1.54, 1.807) is 30.1 Å². The van der Waals surface area contributed by atoms with Crippen LogP contribution < -0.4 is 10.1 Å². The molecule has 24 heavy (non-hydrogen) atoms. The highest BCUT2D eigenvalue weighted by molar-refractivity contribution is 7.10. The van der Waals surface area contributed by atoms with E-state index in [0.29, 0.717) is 16.5 Å². The van der Waals surface area contributed by atoms with E-state index in [-0.39, 0.29) is 5.91 Å². The number of carbonyl (C=O) groups is 1. The first-order chi connectivity index (χ1) is 11.5. The molecule has 7 nitrogen and oxygen atoms in total. The second kappa shape index (κ2) is 6.40. The van der Waals surface area contributed by atoms with Crippen molar-refractivity contribution in [2.45, 2.75) is 13.8 Å². The van der Waals surface area contributed by atoms with Gasteiger partial charge < -0.3 is 4.74 Å². The minimum absolute atomic E-state index is 0.224. The third kappa shape index (κ3) is 3.13. The Morgan fingerprint density at radius 3 is 2.58 bits per heavy atom. The Balaban J connectivity index is 1.79. The van der Waals surface area contributed by atoms with Crippen molar-refractivity contribution in [2.24, 2.45) is 7.05 Å². The van der Waals surface area contributed by atoms with Gasteiger partial charge in [-0.15, -0.1) is 0 Å². The lowest BCUT2D eigenvalue weighted by atomic mass is 10.1. The van der Waals surface area contributed by atoms with Crippen molar-refractivity contribution in [3.63, 3.8) is 0 Å². The summed E-state index contributed by atoms with van der Waals surface area (Å²) in [5.41, 5.74) is 3.20. The molecule has 3 aromatic rings. The number of methoxy groups -OCH3 is 1. The summed E-state index contributed by atoms with van der Waals surface area (Å²) in [6, 6.07) is 3.59. The van der Waals surface area contributed by atoms with Crippen LogP contribution in [0.3, 0.4) is 0 Å². The molecule has 124 valence electrons. The number of amides is 1. The predicted octanol–water partition coefficient (Wildman–Crippen LogP) is 2.82. The molecule has 0 saturated heterocycles. The predicted molar refractivity (Wildman–Crippen MR) is 92.5 cm³/mol. The van der Waals surface area contributed by atoms with Crippen molar-refractivity contribution in [3.05, 3.63) is 41.2 Å². The maximum Gasteiger partial charge on any atom is 0.257 e. The van der Waals surface area contributed by atoms with Crippen molar-refractivity contribution in [2.75, 3.05) is 12.4 Å². The van der Waals surface area contributed by atoms with Crippen LogP contribution in [0.25, 0.3) is 11.4 Å². The van der Waals surface area contributed by atoms with E-state index in [1.807, 2.05) is 27.1 Å². The second-order valence-electron chi connectivity index (χ2n) is 5.42. The number of nitrogens with one attached hydrogen (secondary N) is 1. The van der Waals surface area contributed by atoms with Gasteiger partial charge in [0.05, 0.1) is 18.9 Å². The van der Waals surface area contributed by atoms with Crippen molar-refractivity contribution in [1.82, 2.24) is 19.1 Å². The van der Waals surface area contributed by atoms with Crippen molar-refractivity contribution < 1.29 is 9.53 Å². The zero-order chi connectivity index (χ0) is 17.3. The molecule has 2 heterocycles. The number of carbonyl (C=O) groups excluding carboxylic acids is 1. The highest BCUT2D eigenvalue weighted by Crippen LogP contribution is 2.25. The van der Waals surface area contributed by atoms with Gasteiger partial charge in [-0.05, 0) is 37.1 Å². The number of nitrogens with zero attached hydrogens (tertiary/aromatic N) is 4. The van der Waals surface area contributed by atoms with Crippen LogP contribution in [0, 0.1) is 13.8 Å². The molecule has 1 aromatic carbocycles. The number of ether oxygens (including phenoxy) is 1. The number of anilines is 1. The van der Waals surface area contributed by atoms with Crippen LogP contribution in [-0.4, -0.2) is 32.2 Å². The Hall–Kier alpha value is -2.74. The van der Waals surface area contributed by atoms with Crippen LogP contribution in [0.4, 0.5) is 5.13 Å². The lowest BCUT2D eigenvalue weighted by Crippen LogP contribution is -2.12. The SMILES string of the molecule is COc1c(C)cc(C(=O)Nc2nc(-c3cnn(C)c3)ns2)cc1C. The number of rotatable bonds is 4. The Kier molecular flexibility index (Phi) is 4.30. The molecule has 1 N–H and O–H groups in total. The summed E-state index contributed by atoms with van der Waals surface area (Å²) in [5, 5.41) is 7.32. The van der Waals surface area contributed by atoms with Gasteiger partial charge in [0.25, 0.3) is 5.91 Å². The van der Waals surface area contributed by atoms with Crippen LogP contribution in [-0.2, 0) is 7.05 Å². The summed E-state index contributed by atoms with van der Waals surface area (Å²) in [5.74, 6) is 1.12. The van der Waals surface area contributed by atoms with Crippen LogP contribution in [0.15, 0.2) is 24.5 Å². The minimum Gasteiger partial charge on any atom is -0.496 e. The smallest absolute Gasteiger partial charge is 0.257 e. The van der Waals surface area contributed by atoms with E-state index in [1.165, 1.54) is 0 Å². The molecule has 0 spiro atoms. The van der Waals surface area contributed by atoms with Gasteiger partial charge >= 0.3 is 0 Å². The first-order valence-electron chi connectivity index (χ1n) is 7.27. The number of aromatic nitrogens is 4. The van der Waals surface area contributed by atoms with E-state index in [4.69, 9.17) is 4.74 Å². The second-order valence-corrected chi connectivity index (χ2v) is 6.18. The van der Waals surface area contributed by atoms with Gasteiger partial charge in [0.1, 0.15) is 5.75 Å². The van der Waals surface area contributed by atoms with Gasteiger partial charge in [-0.2, -0.15) is 14.5 Å². The molecule has 0 radical (unpaired) electrons. The van der Waals surface area contributed by atoms with Crippen LogP contribution in [0.2, 0.25) is 0 Å². The van der Waals surface area contributed by atoms with Crippen molar-refractivity contribution in [3.8, 4) is 17.1 Å². The van der Waals surface area contributed by atoms with Crippen molar-refractivity contribution in [1.29, 1.82) is 0 Å². The van der Waals surface area contributed by atoms with E-state index in [2.05, 4.69) is 19.8 Å². The third-order valence-electron chi connectivity index (χ3n) is 3.54. The first-order valence-corrected chi connectivity index (χ1v) is 8.04. The third-order valence-corrected chi connectivity index (χ3v) is 4.17. The zero-order valence-electron chi connectivity index (χ0n) is 13.8. The molecule has 0 saturated carbocycles. The molecule has 3 rings (SSSR count). The van der Waals surface area contributed by atoms with E-state index in [9.17, 15) is 4.79 Å². The molecule has 8 heteroatoms. The summed E-state index contributed by atoms with van der Waals surface area (Å²) in [7, 11) is 3.45. The molecule has 0 fully saturated rings. The maximum atomic E-state index is 12.4. The lowest BCUT2D eigenvalue weighted by molar-refractivity contribution is 0.102. The fourth-order valence-electron chi connectivity index (χ4n) is 2.50. The number of benzene rings is 1. The molecule has 0 aliphatic carbocycles. The molecule has 0 aliphatic heterocycles. The normalized spacial score (nSPS) is 10.7. The Bertz CT molecular complexity index is 877. The first kappa shape index (κ1) is 16.1. The maximum absolute atomic E-state index is 12.4. The highest BCUT2D eigenvalue weighted by Gasteiger charge is 2.14. The standard InChI is InChI=1S/C16H17N5O2S/c1-9-5-11(6-10(2)13(9)23-4)15(22)19-16-18-14(20-24-16)12-7-17-21(3)8-12/h5-8H,1-4H3,(H,18,19,20,22). The summed E-state index contributed by atoms with van der Waals surface area (Å²) in [6.45, 7) is 3.82. The largest absolute Gasteiger partial charge is 0.496 e. The number of hydrogen-bond donors (Lipinski definition) is 1. The minimum atomic E-state index is -0.224. The Morgan fingerprint density at radius 1 is 1.29 bits per heavy atom. The van der Waals surface area contributed by atoms with Gasteiger partial charge in [0.15, 0.2) is 5.82 Å². The fraction of sp³-hybridized carbons (Fsp3) is 0.250. The van der Waals surface area contributed by atoms with Gasteiger partial charge in [-0.25, -0.2) is 0 Å². The van der Waals surface area contributed by atoms with Gasteiger partial charge in [0, 0.05) is 30.3 Å². The molecular weight excluding hydrogens is 326 g/mol. The molecular formula is C16H17N5O2S. The topological polar surface area (TPSA) is 81.9 Å². The molecule has 0 aliphatic rings. The molecule has 0 unspecified atom stereocenters. The number of aryl methyl sites for hydroxylation is 3. The number of hydrogen-bond acceptors (Lipinski definition) is 6. The molecule has 0 atom stereocenters. The average Bonchev–Trinajstić information content (AvgIpc) is 3.15. The van der Waals surface area contributed by atoms with Gasteiger partial charge in [-0.3, -0.25) is 14.8 Å².